The fraction of sp³-hybridized carbons (Fsp3) is 0.333. The quantitative estimate of drug-likeness (QED) is 0.164. The molecule has 50 heavy (non-hydrogen) atoms. The van der Waals surface area contributed by atoms with Gasteiger partial charge in [-0.15, -0.1) is 0 Å². The number of hydrogen-bond donors (Lipinski definition) is 4. The van der Waals surface area contributed by atoms with E-state index in [4.69, 9.17) is 9.16 Å². The molecule has 4 aromatic carbocycles. The molecule has 3 aliphatic rings. The molecule has 3 fully saturated rings. The van der Waals surface area contributed by atoms with Gasteiger partial charge in [-0.3, -0.25) is 14.5 Å². The van der Waals surface area contributed by atoms with E-state index in [2.05, 4.69) is 45.0 Å². The highest BCUT2D eigenvalue weighted by Crippen LogP contribution is 2.59. The van der Waals surface area contributed by atoms with Crippen molar-refractivity contribution in [2.45, 2.75) is 50.5 Å². The molecular weight excluding hydrogens is 649 g/mol. The predicted molar refractivity (Wildman–Crippen MR) is 192 cm³/mol. The molecule has 9 nitrogen and oxygen atoms in total. The van der Waals surface area contributed by atoms with Crippen LogP contribution >= 0.6 is 0 Å². The van der Waals surface area contributed by atoms with Gasteiger partial charge < -0.3 is 29.4 Å². The predicted octanol–water partition coefficient (Wildman–Crippen LogP) is 3.24. The van der Waals surface area contributed by atoms with E-state index in [1.54, 1.807) is 30.3 Å². The SMILES string of the molecule is CC(C)(C)[Si](OC[C@H]1C[C@@H]2C(=O)N(c3cccc(B(O)O)c3)C(=O)[C@@H]2[C@@H]2C[C@@H](c3cccc(O)c3)O[C@]12O)(c1ccccc1)c1ccccc1. The summed E-state index contributed by atoms with van der Waals surface area (Å²) in [5, 5.41) is 44.5. The van der Waals surface area contributed by atoms with Crippen molar-refractivity contribution in [1.29, 1.82) is 0 Å². The second-order valence-corrected chi connectivity index (χ2v) is 19.1. The Hall–Kier alpha value is -4.10. The van der Waals surface area contributed by atoms with Crippen LogP contribution in [0.4, 0.5) is 5.69 Å². The van der Waals surface area contributed by atoms with Crippen molar-refractivity contribution in [1.82, 2.24) is 0 Å². The number of imide groups is 1. The van der Waals surface area contributed by atoms with Crippen molar-refractivity contribution >= 4 is 48.8 Å². The van der Waals surface area contributed by atoms with Crippen LogP contribution < -0.4 is 20.7 Å². The number of nitrogens with zero attached hydrogens (tertiary/aromatic N) is 1. The van der Waals surface area contributed by atoms with Gasteiger partial charge in [0.25, 0.3) is 8.32 Å². The Labute approximate surface area is 293 Å². The molecule has 2 aliphatic heterocycles. The molecule has 0 bridgehead atoms. The minimum Gasteiger partial charge on any atom is -0.508 e. The molecule has 6 atom stereocenters. The zero-order valence-electron chi connectivity index (χ0n) is 28.3. The van der Waals surface area contributed by atoms with E-state index in [9.17, 15) is 29.9 Å². The van der Waals surface area contributed by atoms with Crippen LogP contribution in [0.5, 0.6) is 5.75 Å². The van der Waals surface area contributed by atoms with Crippen molar-refractivity contribution in [2.24, 2.45) is 23.7 Å². The van der Waals surface area contributed by atoms with Crippen molar-refractivity contribution < 1.29 is 39.0 Å². The minimum absolute atomic E-state index is 0.0571. The van der Waals surface area contributed by atoms with Crippen LogP contribution in [0.15, 0.2) is 109 Å². The molecule has 0 spiro atoms. The monoisotopic (exact) mass is 691 g/mol. The lowest BCUT2D eigenvalue weighted by molar-refractivity contribution is -0.273. The van der Waals surface area contributed by atoms with Gasteiger partial charge in [0.2, 0.25) is 11.8 Å². The van der Waals surface area contributed by atoms with E-state index in [0.29, 0.717) is 5.56 Å². The smallest absolute Gasteiger partial charge is 0.488 e. The lowest BCUT2D eigenvalue weighted by Crippen LogP contribution is -2.67. The van der Waals surface area contributed by atoms with Crippen LogP contribution in [0.1, 0.15) is 45.3 Å². The number of benzene rings is 4. The number of phenols is 1. The third-order valence-electron chi connectivity index (χ3n) is 11.0. The van der Waals surface area contributed by atoms with E-state index < -0.39 is 62.8 Å². The number of hydrogen-bond acceptors (Lipinski definition) is 8. The molecule has 2 amide bonds. The number of ether oxygens (including phenoxy) is 1. The summed E-state index contributed by atoms with van der Waals surface area (Å²) in [6.45, 7) is 6.59. The van der Waals surface area contributed by atoms with Gasteiger partial charge in [-0.05, 0) is 63.5 Å². The number of anilines is 1. The van der Waals surface area contributed by atoms with Gasteiger partial charge in [0, 0.05) is 18.4 Å². The zero-order chi connectivity index (χ0) is 35.4. The summed E-state index contributed by atoms with van der Waals surface area (Å²) < 4.78 is 13.9. The first-order valence-electron chi connectivity index (χ1n) is 17.1. The molecule has 2 saturated heterocycles. The maximum Gasteiger partial charge on any atom is 0.488 e. The highest BCUT2D eigenvalue weighted by Gasteiger charge is 2.67. The molecule has 0 unspecified atom stereocenters. The number of carbonyl (C=O) groups excluding carboxylic acids is 2. The van der Waals surface area contributed by atoms with Gasteiger partial charge in [0.05, 0.1) is 23.6 Å². The summed E-state index contributed by atoms with van der Waals surface area (Å²) in [5.74, 6) is -5.69. The molecular formula is C39H42BNO8Si. The van der Waals surface area contributed by atoms with Crippen LogP contribution in [-0.4, -0.2) is 59.9 Å². The second kappa shape index (κ2) is 12.9. The van der Waals surface area contributed by atoms with Gasteiger partial charge in [0.15, 0.2) is 5.79 Å². The van der Waals surface area contributed by atoms with Gasteiger partial charge in [-0.1, -0.05) is 106 Å². The minimum atomic E-state index is -3.06. The fourth-order valence-corrected chi connectivity index (χ4v) is 13.3. The van der Waals surface area contributed by atoms with Crippen molar-refractivity contribution in [2.75, 3.05) is 11.5 Å². The average molecular weight is 692 g/mol. The number of fused-ring (bicyclic) bond motifs is 3. The largest absolute Gasteiger partial charge is 0.508 e. The van der Waals surface area contributed by atoms with E-state index in [0.717, 1.165) is 15.3 Å². The van der Waals surface area contributed by atoms with Crippen molar-refractivity contribution in [3.8, 4) is 5.75 Å². The van der Waals surface area contributed by atoms with Gasteiger partial charge in [0.1, 0.15) is 5.75 Å². The molecule has 0 aromatic heterocycles. The molecule has 11 heteroatoms. The Morgan fingerprint density at radius 2 is 1.50 bits per heavy atom. The van der Waals surface area contributed by atoms with Crippen LogP contribution in [0.2, 0.25) is 5.04 Å². The third kappa shape index (κ3) is 5.62. The molecule has 258 valence electrons. The Balaban J connectivity index is 1.30. The van der Waals surface area contributed by atoms with E-state index >= 15 is 0 Å². The number of phenolic OH excluding ortho intramolecular Hbond substituents is 1. The maximum atomic E-state index is 14.3. The van der Waals surface area contributed by atoms with Crippen molar-refractivity contribution in [3.05, 3.63) is 115 Å². The van der Waals surface area contributed by atoms with E-state index in [-0.39, 0.29) is 41.4 Å². The van der Waals surface area contributed by atoms with Crippen LogP contribution in [-0.2, 0) is 18.8 Å². The summed E-state index contributed by atoms with van der Waals surface area (Å²) in [6, 6.07) is 33.1. The van der Waals surface area contributed by atoms with Crippen molar-refractivity contribution in [3.63, 3.8) is 0 Å². The summed E-state index contributed by atoms with van der Waals surface area (Å²) in [6.07, 6.45) is -0.249. The standard InChI is InChI=1S/C39H42BNO8Si/c1-38(2,3)50(30-16-6-4-7-17-30,31-18-8-5-9-19-31)48-24-26-21-32-35(33-23-34(49-39(26,33)45)25-12-10-15-29(42)20-25)37(44)41(36(32)43)28-14-11-13-27(22-28)40(46)47/h4-20,22,26,32-35,42,45-47H,21,23-24H2,1-3H3/t26-,32+,33+,34+,35+,39-/m1/s1. The van der Waals surface area contributed by atoms with E-state index in [1.807, 2.05) is 42.5 Å². The number of amides is 2. The summed E-state index contributed by atoms with van der Waals surface area (Å²) in [7, 11) is -4.83. The van der Waals surface area contributed by atoms with E-state index in [1.165, 1.54) is 12.1 Å². The Morgan fingerprint density at radius 1 is 0.860 bits per heavy atom. The summed E-state index contributed by atoms with van der Waals surface area (Å²) in [4.78, 5) is 29.7. The molecule has 4 N–H and O–H groups in total. The fourth-order valence-electron chi connectivity index (χ4n) is 8.67. The molecule has 0 radical (unpaired) electrons. The highest BCUT2D eigenvalue weighted by atomic mass is 28.4. The Morgan fingerprint density at radius 3 is 2.10 bits per heavy atom. The van der Waals surface area contributed by atoms with Gasteiger partial charge in [-0.25, -0.2) is 0 Å². The molecule has 1 saturated carbocycles. The summed E-state index contributed by atoms with van der Waals surface area (Å²) >= 11 is 0. The van der Waals surface area contributed by atoms with Gasteiger partial charge in [-0.2, -0.15) is 0 Å². The zero-order valence-corrected chi connectivity index (χ0v) is 29.3. The number of aliphatic hydroxyl groups is 1. The second-order valence-electron chi connectivity index (χ2n) is 14.8. The van der Waals surface area contributed by atoms with Crippen LogP contribution in [0.25, 0.3) is 0 Å². The highest BCUT2D eigenvalue weighted by molar-refractivity contribution is 6.99. The Kier molecular flexibility index (Phi) is 8.86. The molecule has 2 heterocycles. The molecule has 4 aromatic rings. The first-order chi connectivity index (χ1) is 23.8. The average Bonchev–Trinajstić information content (AvgIpc) is 3.58. The first kappa shape index (κ1) is 34.4. The maximum absolute atomic E-state index is 14.3. The number of rotatable bonds is 8. The molecule has 7 rings (SSSR count). The lowest BCUT2D eigenvalue weighted by atomic mass is 9.64. The summed E-state index contributed by atoms with van der Waals surface area (Å²) in [5.41, 5.74) is 1.06. The normalized spacial score (nSPS) is 26.5. The Bertz CT molecular complexity index is 1850. The van der Waals surface area contributed by atoms with Crippen LogP contribution in [0.3, 0.4) is 0 Å². The third-order valence-corrected chi connectivity index (χ3v) is 16.0. The first-order valence-corrected chi connectivity index (χ1v) is 19.0. The number of carbonyl (C=O) groups is 2. The van der Waals surface area contributed by atoms with Crippen LogP contribution in [0, 0.1) is 23.7 Å². The lowest BCUT2D eigenvalue weighted by Gasteiger charge is -2.48. The number of aromatic hydroxyl groups is 1. The topological polar surface area (TPSA) is 137 Å². The molecule has 1 aliphatic carbocycles. The van der Waals surface area contributed by atoms with Gasteiger partial charge >= 0.3 is 7.12 Å².